The molecule has 0 spiro atoms. The van der Waals surface area contributed by atoms with E-state index in [1.54, 1.807) is 12.1 Å². The standard InChI is InChI=1S/C19H22F3N3/c1-18(2,3)17-23-10-14-12-25(9-8-16(14)24-17)11-13-6-4-5-7-15(13)19(20,21)22/h4-7,10H,8-9,11-12H2,1-3H3. The van der Waals surface area contributed by atoms with Crippen molar-refractivity contribution in [3.63, 3.8) is 0 Å². The molecule has 2 aromatic rings. The number of rotatable bonds is 2. The third-order valence-electron chi connectivity index (χ3n) is 4.40. The van der Waals surface area contributed by atoms with Gasteiger partial charge in [0.2, 0.25) is 0 Å². The molecule has 1 aromatic carbocycles. The number of aromatic nitrogens is 2. The van der Waals surface area contributed by atoms with Crippen LogP contribution in [0.1, 0.15) is 49.0 Å². The fraction of sp³-hybridized carbons (Fsp3) is 0.474. The fourth-order valence-electron chi connectivity index (χ4n) is 3.05. The Labute approximate surface area is 145 Å². The summed E-state index contributed by atoms with van der Waals surface area (Å²) in [5, 5.41) is 0. The molecule has 3 nitrogen and oxygen atoms in total. The van der Waals surface area contributed by atoms with Gasteiger partial charge in [-0.15, -0.1) is 0 Å². The summed E-state index contributed by atoms with van der Waals surface area (Å²) in [6, 6.07) is 5.78. The lowest BCUT2D eigenvalue weighted by Gasteiger charge is -2.29. The number of hydrogen-bond donors (Lipinski definition) is 0. The molecule has 25 heavy (non-hydrogen) atoms. The summed E-state index contributed by atoms with van der Waals surface area (Å²) in [4.78, 5) is 11.1. The SMILES string of the molecule is CC(C)(C)c1ncc2c(n1)CCN(Cc1ccccc1C(F)(F)F)C2. The Morgan fingerprint density at radius 1 is 1.12 bits per heavy atom. The van der Waals surface area contributed by atoms with Crippen molar-refractivity contribution in [2.75, 3.05) is 6.54 Å². The molecule has 1 aliphatic heterocycles. The van der Waals surface area contributed by atoms with Gasteiger partial charge in [0.15, 0.2) is 0 Å². The van der Waals surface area contributed by atoms with Gasteiger partial charge in [0.25, 0.3) is 0 Å². The summed E-state index contributed by atoms with van der Waals surface area (Å²) < 4.78 is 39.5. The predicted octanol–water partition coefficient (Wildman–Crippen LogP) is 4.35. The molecule has 1 aromatic heterocycles. The van der Waals surface area contributed by atoms with E-state index < -0.39 is 11.7 Å². The number of alkyl halides is 3. The van der Waals surface area contributed by atoms with E-state index >= 15 is 0 Å². The molecule has 0 radical (unpaired) electrons. The highest BCUT2D eigenvalue weighted by atomic mass is 19.4. The first-order chi connectivity index (χ1) is 11.6. The number of hydrogen-bond acceptors (Lipinski definition) is 3. The van der Waals surface area contributed by atoms with Gasteiger partial charge in [-0.3, -0.25) is 4.90 Å². The van der Waals surface area contributed by atoms with Gasteiger partial charge >= 0.3 is 6.18 Å². The van der Waals surface area contributed by atoms with Crippen molar-refractivity contribution in [3.8, 4) is 0 Å². The van der Waals surface area contributed by atoms with Crippen LogP contribution in [0.25, 0.3) is 0 Å². The quantitative estimate of drug-likeness (QED) is 0.807. The van der Waals surface area contributed by atoms with Gasteiger partial charge < -0.3 is 0 Å². The highest BCUT2D eigenvalue weighted by molar-refractivity contribution is 5.30. The molecule has 0 aliphatic carbocycles. The summed E-state index contributed by atoms with van der Waals surface area (Å²) in [5.74, 6) is 0.808. The van der Waals surface area contributed by atoms with Gasteiger partial charge in [0.1, 0.15) is 5.82 Å². The Balaban J connectivity index is 1.79. The molecule has 0 N–H and O–H groups in total. The minimum atomic E-state index is -4.32. The first-order valence-corrected chi connectivity index (χ1v) is 8.37. The highest BCUT2D eigenvalue weighted by Crippen LogP contribution is 2.33. The maximum absolute atomic E-state index is 13.2. The lowest BCUT2D eigenvalue weighted by atomic mass is 9.95. The van der Waals surface area contributed by atoms with Crippen LogP contribution >= 0.6 is 0 Å². The summed E-state index contributed by atoms with van der Waals surface area (Å²) >= 11 is 0. The average Bonchev–Trinajstić information content (AvgIpc) is 2.53. The zero-order valence-electron chi connectivity index (χ0n) is 14.7. The topological polar surface area (TPSA) is 29.0 Å². The van der Waals surface area contributed by atoms with Crippen molar-refractivity contribution in [1.82, 2.24) is 14.9 Å². The molecule has 2 heterocycles. The van der Waals surface area contributed by atoms with Crippen LogP contribution in [0.2, 0.25) is 0 Å². The average molecular weight is 349 g/mol. The molecule has 134 valence electrons. The van der Waals surface area contributed by atoms with Crippen LogP contribution < -0.4 is 0 Å². The van der Waals surface area contributed by atoms with Crippen molar-refractivity contribution < 1.29 is 13.2 Å². The second-order valence-electron chi connectivity index (χ2n) is 7.53. The van der Waals surface area contributed by atoms with E-state index in [0.29, 0.717) is 18.7 Å². The molecule has 0 fully saturated rings. The second kappa shape index (κ2) is 6.41. The monoisotopic (exact) mass is 349 g/mol. The summed E-state index contributed by atoms with van der Waals surface area (Å²) in [5.41, 5.74) is 1.66. The largest absolute Gasteiger partial charge is 0.416 e. The second-order valence-corrected chi connectivity index (χ2v) is 7.53. The lowest BCUT2D eigenvalue weighted by molar-refractivity contribution is -0.138. The van der Waals surface area contributed by atoms with Crippen molar-refractivity contribution in [1.29, 1.82) is 0 Å². The minimum Gasteiger partial charge on any atom is -0.294 e. The third kappa shape index (κ3) is 4.00. The molecule has 0 atom stereocenters. The van der Waals surface area contributed by atoms with Crippen LogP contribution in [-0.4, -0.2) is 21.4 Å². The van der Waals surface area contributed by atoms with Crippen molar-refractivity contribution >= 4 is 0 Å². The smallest absolute Gasteiger partial charge is 0.294 e. The zero-order chi connectivity index (χ0) is 18.2. The van der Waals surface area contributed by atoms with Gasteiger partial charge in [-0.2, -0.15) is 13.2 Å². The minimum absolute atomic E-state index is 0.113. The Bertz CT molecular complexity index is 763. The van der Waals surface area contributed by atoms with E-state index in [0.717, 1.165) is 29.6 Å². The van der Waals surface area contributed by atoms with E-state index in [1.165, 1.54) is 6.07 Å². The Kier molecular flexibility index (Phi) is 4.58. The molecule has 0 unspecified atom stereocenters. The van der Waals surface area contributed by atoms with Crippen LogP contribution in [-0.2, 0) is 31.1 Å². The Hall–Kier alpha value is -1.95. The van der Waals surface area contributed by atoms with E-state index in [9.17, 15) is 13.2 Å². The van der Waals surface area contributed by atoms with Crippen LogP contribution in [0, 0.1) is 0 Å². The van der Waals surface area contributed by atoms with E-state index in [2.05, 4.69) is 30.7 Å². The van der Waals surface area contributed by atoms with Gasteiger partial charge in [0.05, 0.1) is 5.56 Å². The Morgan fingerprint density at radius 3 is 2.52 bits per heavy atom. The van der Waals surface area contributed by atoms with E-state index in [4.69, 9.17) is 0 Å². The van der Waals surface area contributed by atoms with Crippen LogP contribution in [0.15, 0.2) is 30.5 Å². The first kappa shape index (κ1) is 17.9. The maximum atomic E-state index is 13.2. The highest BCUT2D eigenvalue weighted by Gasteiger charge is 2.33. The van der Waals surface area contributed by atoms with Crippen LogP contribution in [0.4, 0.5) is 13.2 Å². The van der Waals surface area contributed by atoms with Crippen LogP contribution in [0.5, 0.6) is 0 Å². The van der Waals surface area contributed by atoms with E-state index in [-0.39, 0.29) is 12.0 Å². The van der Waals surface area contributed by atoms with Crippen molar-refractivity contribution in [2.45, 2.75) is 51.9 Å². The number of nitrogens with zero attached hydrogens (tertiary/aromatic N) is 3. The van der Waals surface area contributed by atoms with Gasteiger partial charge in [0, 0.05) is 48.9 Å². The van der Waals surface area contributed by atoms with E-state index in [1.807, 2.05) is 11.1 Å². The fourth-order valence-corrected chi connectivity index (χ4v) is 3.05. The summed E-state index contributed by atoms with van der Waals surface area (Å²) in [6.07, 6.45) is -1.77. The molecule has 6 heteroatoms. The lowest BCUT2D eigenvalue weighted by Crippen LogP contribution is -2.32. The number of fused-ring (bicyclic) bond motifs is 1. The third-order valence-corrected chi connectivity index (χ3v) is 4.40. The predicted molar refractivity (Wildman–Crippen MR) is 90.0 cm³/mol. The molecule has 0 saturated heterocycles. The van der Waals surface area contributed by atoms with Crippen LogP contribution in [0.3, 0.4) is 0 Å². The molecule has 0 bridgehead atoms. The number of benzene rings is 1. The molecule has 0 amide bonds. The first-order valence-electron chi connectivity index (χ1n) is 8.37. The molecular formula is C19H22F3N3. The normalized spacial score (nSPS) is 15.9. The number of halogens is 3. The molecular weight excluding hydrogens is 327 g/mol. The molecule has 3 rings (SSSR count). The van der Waals surface area contributed by atoms with Crippen molar-refractivity contribution in [3.05, 3.63) is 58.7 Å². The zero-order valence-corrected chi connectivity index (χ0v) is 14.7. The van der Waals surface area contributed by atoms with Crippen molar-refractivity contribution in [2.24, 2.45) is 0 Å². The summed E-state index contributed by atoms with van der Waals surface area (Å²) in [7, 11) is 0. The molecule has 1 aliphatic rings. The Morgan fingerprint density at radius 2 is 1.84 bits per heavy atom. The van der Waals surface area contributed by atoms with Gasteiger partial charge in [-0.1, -0.05) is 39.0 Å². The van der Waals surface area contributed by atoms with Gasteiger partial charge in [-0.25, -0.2) is 9.97 Å². The van der Waals surface area contributed by atoms with Gasteiger partial charge in [-0.05, 0) is 11.6 Å². The molecule has 0 saturated carbocycles. The maximum Gasteiger partial charge on any atom is 0.416 e. The summed E-state index contributed by atoms with van der Waals surface area (Å²) in [6.45, 7) is 7.75.